The lowest BCUT2D eigenvalue weighted by Crippen LogP contribution is -2.45. The summed E-state index contributed by atoms with van der Waals surface area (Å²) < 4.78 is 8.59. The molecule has 9 heterocycles. The number of anilines is 2. The summed E-state index contributed by atoms with van der Waals surface area (Å²) in [6, 6.07) is 19.4. The number of amides is 1. The second kappa shape index (κ2) is 15.7. The van der Waals surface area contributed by atoms with Crippen molar-refractivity contribution in [2.24, 2.45) is 0 Å². The van der Waals surface area contributed by atoms with Gasteiger partial charge in [0, 0.05) is 94.1 Å². The first-order valence-corrected chi connectivity index (χ1v) is 21.6. The zero-order valence-corrected chi connectivity index (χ0v) is 35.0. The Labute approximate surface area is 347 Å². The van der Waals surface area contributed by atoms with E-state index >= 15 is 0 Å². The van der Waals surface area contributed by atoms with Crippen LogP contribution in [0.4, 0.5) is 11.5 Å². The third kappa shape index (κ3) is 7.14. The van der Waals surface area contributed by atoms with Gasteiger partial charge in [-0.2, -0.15) is 0 Å². The van der Waals surface area contributed by atoms with E-state index in [9.17, 15) is 4.79 Å². The van der Waals surface area contributed by atoms with Crippen molar-refractivity contribution in [3.8, 4) is 11.1 Å². The molecule has 0 spiro atoms. The highest BCUT2D eigenvalue weighted by molar-refractivity contribution is 5.94. The first kappa shape index (κ1) is 37.9. The van der Waals surface area contributed by atoms with Gasteiger partial charge in [-0.05, 0) is 119 Å². The molecule has 0 aliphatic carbocycles. The lowest BCUT2D eigenvalue weighted by atomic mass is 9.95. The lowest BCUT2D eigenvalue weighted by molar-refractivity contribution is 0.0727. The van der Waals surface area contributed by atoms with E-state index in [0.29, 0.717) is 12.2 Å². The van der Waals surface area contributed by atoms with Gasteiger partial charge in [-0.25, -0.2) is 4.98 Å². The first-order chi connectivity index (χ1) is 28.8. The van der Waals surface area contributed by atoms with Crippen molar-refractivity contribution in [2.75, 3.05) is 89.3 Å². The van der Waals surface area contributed by atoms with Crippen molar-refractivity contribution in [1.82, 2.24) is 39.0 Å². The van der Waals surface area contributed by atoms with E-state index < -0.39 is 0 Å². The maximum Gasteiger partial charge on any atom is 0.274 e. The molecule has 12 nitrogen and oxygen atoms in total. The van der Waals surface area contributed by atoms with Crippen LogP contribution in [0.2, 0.25) is 0 Å². The Kier molecular flexibility index (Phi) is 10.1. The number of hydrogen-bond donors (Lipinski definition) is 0. The SMILES string of the molecule is Cc1cc(-c2ccnc(C3CCCN3Cc3cc4c(N5CCN(C)CC5)cccc4o3)c2C)cnc1C1CCCN1C(=O)c1cn2c(N3CCN(C)CC3)cccc2n1. The van der Waals surface area contributed by atoms with Gasteiger partial charge in [0.1, 0.15) is 28.5 Å². The zero-order chi connectivity index (χ0) is 40.2. The average molecular weight is 793 g/mol. The predicted molar refractivity (Wildman–Crippen MR) is 233 cm³/mol. The van der Waals surface area contributed by atoms with E-state index in [1.54, 1.807) is 0 Å². The summed E-state index contributed by atoms with van der Waals surface area (Å²) in [5.74, 6) is 2.07. The van der Waals surface area contributed by atoms with Crippen molar-refractivity contribution >= 4 is 34.0 Å². The Hall–Kier alpha value is -5.30. The smallest absolute Gasteiger partial charge is 0.274 e. The second-order valence-electron chi connectivity index (χ2n) is 17.3. The summed E-state index contributed by atoms with van der Waals surface area (Å²) in [6.45, 7) is 15.0. The number of rotatable bonds is 8. The van der Waals surface area contributed by atoms with Crippen molar-refractivity contribution in [3.63, 3.8) is 0 Å². The number of aromatic nitrogens is 4. The minimum Gasteiger partial charge on any atom is -0.460 e. The number of carbonyl (C=O) groups is 1. The quantitative estimate of drug-likeness (QED) is 0.161. The molecule has 5 aromatic heterocycles. The number of carbonyl (C=O) groups excluding carboxylic acids is 1. The van der Waals surface area contributed by atoms with Gasteiger partial charge < -0.3 is 28.9 Å². The number of aryl methyl sites for hydroxylation is 1. The summed E-state index contributed by atoms with van der Waals surface area (Å²) in [4.78, 5) is 43.3. The van der Waals surface area contributed by atoms with Crippen LogP contribution in [0.25, 0.3) is 27.7 Å². The number of nitrogens with zero attached hydrogens (tertiary/aromatic N) is 10. The van der Waals surface area contributed by atoms with Gasteiger partial charge in [0.2, 0.25) is 0 Å². The second-order valence-corrected chi connectivity index (χ2v) is 17.3. The maximum absolute atomic E-state index is 14.2. The molecule has 306 valence electrons. The van der Waals surface area contributed by atoms with Gasteiger partial charge in [-0.1, -0.05) is 12.1 Å². The Morgan fingerprint density at radius 2 is 1.53 bits per heavy atom. The Balaban J connectivity index is 0.864. The van der Waals surface area contributed by atoms with E-state index in [1.807, 2.05) is 35.6 Å². The summed E-state index contributed by atoms with van der Waals surface area (Å²) in [5, 5.41) is 1.21. The topological polar surface area (TPSA) is 92.7 Å². The summed E-state index contributed by atoms with van der Waals surface area (Å²) in [7, 11) is 4.36. The average Bonchev–Trinajstić information content (AvgIpc) is 4.08. The van der Waals surface area contributed by atoms with E-state index in [2.05, 4.69) is 99.3 Å². The van der Waals surface area contributed by atoms with Crippen molar-refractivity contribution in [3.05, 3.63) is 107 Å². The van der Waals surface area contributed by atoms with E-state index in [1.165, 1.54) is 16.6 Å². The van der Waals surface area contributed by atoms with E-state index in [4.69, 9.17) is 19.4 Å². The van der Waals surface area contributed by atoms with Crippen LogP contribution in [-0.2, 0) is 6.54 Å². The fraction of sp³-hybridized carbons (Fsp3) is 0.447. The molecule has 0 bridgehead atoms. The van der Waals surface area contributed by atoms with Crippen LogP contribution in [0.3, 0.4) is 0 Å². The fourth-order valence-electron chi connectivity index (χ4n) is 10.1. The molecule has 0 saturated carbocycles. The van der Waals surface area contributed by atoms with Crippen LogP contribution < -0.4 is 9.80 Å². The molecule has 4 aliphatic rings. The summed E-state index contributed by atoms with van der Waals surface area (Å²) in [5.41, 5.74) is 10.2. The van der Waals surface area contributed by atoms with Gasteiger partial charge >= 0.3 is 0 Å². The molecule has 6 aromatic rings. The molecule has 59 heavy (non-hydrogen) atoms. The van der Waals surface area contributed by atoms with Crippen molar-refractivity contribution < 1.29 is 9.21 Å². The Bertz CT molecular complexity index is 2490. The first-order valence-electron chi connectivity index (χ1n) is 21.6. The third-order valence-electron chi connectivity index (χ3n) is 13.5. The number of benzene rings is 1. The normalized spacial score (nSPS) is 21.1. The number of pyridine rings is 3. The third-order valence-corrected chi connectivity index (χ3v) is 13.5. The minimum absolute atomic E-state index is 0.0281. The molecule has 2 unspecified atom stereocenters. The summed E-state index contributed by atoms with van der Waals surface area (Å²) in [6.07, 6.45) is 9.91. The van der Waals surface area contributed by atoms with Gasteiger partial charge in [-0.15, -0.1) is 0 Å². The number of hydrogen-bond acceptors (Lipinski definition) is 10. The molecule has 4 aliphatic heterocycles. The van der Waals surface area contributed by atoms with Crippen LogP contribution in [0.1, 0.15) is 76.5 Å². The van der Waals surface area contributed by atoms with Crippen LogP contribution in [0, 0.1) is 13.8 Å². The highest BCUT2D eigenvalue weighted by Gasteiger charge is 2.35. The molecule has 1 aromatic carbocycles. The molecule has 4 fully saturated rings. The molecular formula is C47H56N10O2. The molecular weight excluding hydrogens is 737 g/mol. The van der Waals surface area contributed by atoms with Gasteiger partial charge in [0.15, 0.2) is 0 Å². The Morgan fingerprint density at radius 3 is 2.32 bits per heavy atom. The molecule has 1 amide bonds. The fourth-order valence-corrected chi connectivity index (χ4v) is 10.1. The highest BCUT2D eigenvalue weighted by atomic mass is 16.3. The molecule has 4 saturated heterocycles. The monoisotopic (exact) mass is 792 g/mol. The van der Waals surface area contributed by atoms with Crippen molar-refractivity contribution in [2.45, 2.75) is 58.2 Å². The molecule has 12 heteroatoms. The van der Waals surface area contributed by atoms with Crippen LogP contribution in [0.15, 0.2) is 77.6 Å². The Morgan fingerprint density at radius 1 is 0.780 bits per heavy atom. The molecule has 0 radical (unpaired) electrons. The standard InChI is InChI=1S/C47H56N10O2/c1-32-27-34(29-49-45(32)41-11-8-18-56(41)47(58)38-31-57-43(50-38)13-6-14-44(57)54-25-21-52(4)22-26-54)36-15-16-48-46(33(36)2)40-10-7-17-55(40)30-35-28-37-39(9-5-12-42(37)59-35)53-23-19-51(3)20-24-53/h5-6,9,12-16,27-29,31,40-41H,7-8,10-11,17-26,30H2,1-4H3. The number of piperazine rings is 2. The van der Waals surface area contributed by atoms with E-state index in [0.717, 1.165) is 142 Å². The summed E-state index contributed by atoms with van der Waals surface area (Å²) >= 11 is 0. The zero-order valence-electron chi connectivity index (χ0n) is 35.0. The van der Waals surface area contributed by atoms with Crippen LogP contribution in [0.5, 0.6) is 0 Å². The van der Waals surface area contributed by atoms with Gasteiger partial charge in [-0.3, -0.25) is 24.1 Å². The van der Waals surface area contributed by atoms with Gasteiger partial charge in [0.05, 0.1) is 30.0 Å². The number of likely N-dealkylation sites (tertiary alicyclic amines) is 2. The van der Waals surface area contributed by atoms with Gasteiger partial charge in [0.25, 0.3) is 5.91 Å². The number of furan rings is 1. The van der Waals surface area contributed by atoms with Crippen LogP contribution in [-0.4, -0.2) is 124 Å². The van der Waals surface area contributed by atoms with E-state index in [-0.39, 0.29) is 18.0 Å². The molecule has 10 rings (SSSR count). The molecule has 2 atom stereocenters. The minimum atomic E-state index is -0.0875. The number of imidazole rings is 1. The van der Waals surface area contributed by atoms with Crippen LogP contribution >= 0.6 is 0 Å². The lowest BCUT2D eigenvalue weighted by Gasteiger charge is -2.34. The predicted octanol–water partition coefficient (Wildman–Crippen LogP) is 6.97. The molecule has 0 N–H and O–H groups in total. The highest BCUT2D eigenvalue weighted by Crippen LogP contribution is 2.40. The maximum atomic E-state index is 14.2. The van der Waals surface area contributed by atoms with Crippen molar-refractivity contribution in [1.29, 1.82) is 0 Å². The number of fused-ring (bicyclic) bond motifs is 2. The largest absolute Gasteiger partial charge is 0.460 e. The number of likely N-dealkylation sites (N-methyl/N-ethyl adjacent to an activating group) is 2.